The zero-order chi connectivity index (χ0) is 31.7. The van der Waals surface area contributed by atoms with Crippen LogP contribution in [0.1, 0.15) is 63.4 Å². The maximum absolute atomic E-state index is 16.0. The van der Waals surface area contributed by atoms with E-state index in [-0.39, 0.29) is 47.4 Å². The Bertz CT molecular complexity index is 1720. The molecule has 9 nitrogen and oxygen atoms in total. The number of carbonyl (C=O) groups is 2. The zero-order valence-electron chi connectivity index (χ0n) is 25.2. The smallest absolute Gasteiger partial charge is 0.410 e. The van der Waals surface area contributed by atoms with Gasteiger partial charge in [0.25, 0.3) is 0 Å². The third kappa shape index (κ3) is 4.98. The molecular formula is C31H34BrF2N5O4S. The Labute approximate surface area is 266 Å². The first kappa shape index (κ1) is 30.9. The highest BCUT2D eigenvalue weighted by Gasteiger charge is 2.57. The lowest BCUT2D eigenvalue weighted by molar-refractivity contribution is 0.0208. The van der Waals surface area contributed by atoms with Gasteiger partial charge in [0.05, 0.1) is 47.8 Å². The van der Waals surface area contributed by atoms with Gasteiger partial charge in [-0.15, -0.1) is 11.8 Å². The van der Waals surface area contributed by atoms with Crippen LogP contribution in [0.25, 0.3) is 21.8 Å². The zero-order valence-corrected chi connectivity index (χ0v) is 27.6. The van der Waals surface area contributed by atoms with Crippen molar-refractivity contribution in [3.63, 3.8) is 0 Å². The van der Waals surface area contributed by atoms with Crippen molar-refractivity contribution in [1.82, 2.24) is 19.4 Å². The van der Waals surface area contributed by atoms with Gasteiger partial charge in [-0.3, -0.25) is 4.90 Å². The first-order valence-corrected chi connectivity index (χ1v) is 16.6. The second-order valence-corrected chi connectivity index (χ2v) is 14.3. The Hall–Kier alpha value is -3.11. The molecule has 0 radical (unpaired) electrons. The van der Waals surface area contributed by atoms with Gasteiger partial charge >= 0.3 is 12.2 Å². The third-order valence-corrected chi connectivity index (χ3v) is 10.5. The van der Waals surface area contributed by atoms with Crippen LogP contribution >= 0.6 is 27.7 Å². The van der Waals surface area contributed by atoms with E-state index in [2.05, 4.69) is 26.6 Å². The van der Waals surface area contributed by atoms with Gasteiger partial charge < -0.3 is 18.9 Å². The topological polar surface area (TPSA) is 101 Å². The van der Waals surface area contributed by atoms with Crippen molar-refractivity contribution in [2.24, 2.45) is 5.92 Å². The van der Waals surface area contributed by atoms with Crippen LogP contribution in [-0.2, 0) is 15.9 Å². The van der Waals surface area contributed by atoms with Crippen LogP contribution in [0.5, 0.6) is 0 Å². The minimum Gasteiger partial charge on any atom is -0.453 e. The molecule has 4 fully saturated rings. The molecule has 0 unspecified atom stereocenters. The highest BCUT2D eigenvalue weighted by atomic mass is 79.9. The van der Waals surface area contributed by atoms with Gasteiger partial charge in [-0.05, 0) is 73.5 Å². The van der Waals surface area contributed by atoms with Gasteiger partial charge in [0.15, 0.2) is 5.82 Å². The molecule has 4 aliphatic rings. The van der Waals surface area contributed by atoms with E-state index in [0.717, 1.165) is 17.3 Å². The fraction of sp³-hybridized carbons (Fsp3) is 0.548. The normalized spacial score (nSPS) is 24.6. The molecule has 234 valence electrons. The van der Waals surface area contributed by atoms with E-state index in [1.165, 1.54) is 23.8 Å². The molecule has 1 saturated carbocycles. The summed E-state index contributed by atoms with van der Waals surface area (Å²) in [6.07, 6.45) is 1.00. The largest absolute Gasteiger partial charge is 0.453 e. The number of pyridine rings is 1. The number of methoxy groups -OCH3 is 1. The van der Waals surface area contributed by atoms with Crippen LogP contribution < -0.4 is 0 Å². The number of hydrogen-bond acceptors (Lipinski definition) is 7. The molecule has 7 rings (SSSR count). The highest BCUT2D eigenvalue weighted by molar-refractivity contribution is 9.10. The van der Waals surface area contributed by atoms with E-state index >= 15 is 8.78 Å². The molecule has 1 aromatic carbocycles. The summed E-state index contributed by atoms with van der Waals surface area (Å²) in [5, 5.41) is 11.2. The van der Waals surface area contributed by atoms with E-state index < -0.39 is 35.8 Å². The summed E-state index contributed by atoms with van der Waals surface area (Å²) in [6, 6.07) is 4.90. The summed E-state index contributed by atoms with van der Waals surface area (Å²) in [5.74, 6) is -0.440. The van der Waals surface area contributed by atoms with Crippen molar-refractivity contribution >= 4 is 61.7 Å². The summed E-state index contributed by atoms with van der Waals surface area (Å²) in [5.41, 5.74) is 1.57. The Balaban J connectivity index is 1.61. The number of alkyl halides is 1. The molecule has 0 N–H and O–H groups in total. The standard InChI is InChI=1S/C31H34BrF2N5O4S/c1-31(2,3)43-30(41)37-13-16-10-22(37)26(16)39-21(20-11-17(33)14-38(20)29(40)42-4)12-19-27(39)18-9-15(7-6-8-35)23(32)24(34)25(18)36-28(19)44-5/h9,12,16-17,20,22,26H,6-7,10-11,13-14H2,1-5H3/t16-,17+,20-,22-,26+/m1/s1. The molecule has 2 bridgehead atoms. The maximum atomic E-state index is 16.0. The second kappa shape index (κ2) is 11.4. The molecule has 5 heterocycles. The van der Waals surface area contributed by atoms with Crippen LogP contribution in [0.2, 0.25) is 0 Å². The van der Waals surface area contributed by atoms with Crippen molar-refractivity contribution in [3.05, 3.63) is 33.7 Å². The number of rotatable bonds is 5. The number of amides is 2. The molecule has 2 aromatic heterocycles. The molecule has 3 aliphatic heterocycles. The average molecular weight is 691 g/mol. The van der Waals surface area contributed by atoms with Gasteiger partial charge in [0.1, 0.15) is 22.3 Å². The fourth-order valence-electron chi connectivity index (χ4n) is 7.10. The lowest BCUT2D eigenvalue weighted by Gasteiger charge is -2.40. The van der Waals surface area contributed by atoms with Crippen molar-refractivity contribution in [2.75, 3.05) is 26.5 Å². The number of benzene rings is 1. The molecule has 3 saturated heterocycles. The van der Waals surface area contributed by atoms with E-state index in [4.69, 9.17) is 14.5 Å². The van der Waals surface area contributed by atoms with E-state index in [1.54, 1.807) is 4.90 Å². The first-order chi connectivity index (χ1) is 20.9. The van der Waals surface area contributed by atoms with E-state index in [1.807, 2.05) is 39.2 Å². The molecule has 5 atom stereocenters. The molecule has 2 amide bonds. The highest BCUT2D eigenvalue weighted by Crippen LogP contribution is 2.54. The average Bonchev–Trinajstić information content (AvgIpc) is 3.74. The number of likely N-dealkylation sites (tertiary alicyclic amines) is 1. The van der Waals surface area contributed by atoms with Crippen LogP contribution in [-0.4, -0.2) is 75.8 Å². The van der Waals surface area contributed by atoms with Crippen molar-refractivity contribution in [3.8, 4) is 6.07 Å². The van der Waals surface area contributed by atoms with E-state index in [9.17, 15) is 14.9 Å². The summed E-state index contributed by atoms with van der Waals surface area (Å²) >= 11 is 4.77. The number of carbonyl (C=O) groups excluding carboxylic acids is 2. The molecule has 0 spiro atoms. The van der Waals surface area contributed by atoms with Crippen LogP contribution in [0.4, 0.5) is 18.4 Å². The monoisotopic (exact) mass is 689 g/mol. The molecule has 1 aliphatic carbocycles. The Morgan fingerprint density at radius 1 is 1.18 bits per heavy atom. The second-order valence-electron chi connectivity index (χ2n) is 12.7. The summed E-state index contributed by atoms with van der Waals surface area (Å²) < 4.78 is 44.2. The summed E-state index contributed by atoms with van der Waals surface area (Å²) in [4.78, 5) is 34.0. The Kier molecular flexibility index (Phi) is 7.97. The predicted molar refractivity (Wildman–Crippen MR) is 166 cm³/mol. The van der Waals surface area contributed by atoms with Crippen LogP contribution in [0.3, 0.4) is 0 Å². The van der Waals surface area contributed by atoms with Gasteiger partial charge in [-0.2, -0.15) is 5.26 Å². The van der Waals surface area contributed by atoms with Crippen molar-refractivity contribution in [1.29, 1.82) is 5.26 Å². The van der Waals surface area contributed by atoms with Gasteiger partial charge in [0.2, 0.25) is 0 Å². The quantitative estimate of drug-likeness (QED) is 0.259. The Morgan fingerprint density at radius 3 is 2.59 bits per heavy atom. The minimum atomic E-state index is -1.25. The van der Waals surface area contributed by atoms with Crippen molar-refractivity contribution in [2.45, 2.75) is 81.4 Å². The van der Waals surface area contributed by atoms with Gasteiger partial charge in [-0.1, -0.05) is 0 Å². The Morgan fingerprint density at radius 2 is 1.93 bits per heavy atom. The summed E-state index contributed by atoms with van der Waals surface area (Å²) in [7, 11) is 1.28. The number of nitrogens with zero attached hydrogens (tertiary/aromatic N) is 5. The van der Waals surface area contributed by atoms with E-state index in [0.29, 0.717) is 34.6 Å². The number of thioether (sulfide) groups is 1. The minimum absolute atomic E-state index is 0.0790. The first-order valence-electron chi connectivity index (χ1n) is 14.6. The predicted octanol–water partition coefficient (Wildman–Crippen LogP) is 7.30. The lowest BCUT2D eigenvalue weighted by atomic mass is 9.79. The van der Waals surface area contributed by atoms with Crippen LogP contribution in [0, 0.1) is 23.1 Å². The molecule has 44 heavy (non-hydrogen) atoms. The molecule has 13 heteroatoms. The third-order valence-electron chi connectivity index (χ3n) is 8.90. The number of ether oxygens (including phenoxy) is 2. The molecular weight excluding hydrogens is 656 g/mol. The molecule has 3 aromatic rings. The number of aromatic nitrogens is 2. The number of fused-ring (bicyclic) bond motifs is 4. The van der Waals surface area contributed by atoms with Crippen LogP contribution in [0.15, 0.2) is 21.6 Å². The van der Waals surface area contributed by atoms with Gasteiger partial charge in [-0.25, -0.2) is 23.4 Å². The number of hydrogen-bond donors (Lipinski definition) is 0. The van der Waals surface area contributed by atoms with Gasteiger partial charge in [0, 0.05) is 41.8 Å². The number of aryl methyl sites for hydroxylation is 1. The van der Waals surface area contributed by atoms with Crippen molar-refractivity contribution < 1.29 is 27.8 Å². The fourth-order valence-corrected chi connectivity index (χ4v) is 8.15. The lowest BCUT2D eigenvalue weighted by Crippen LogP contribution is -2.45. The summed E-state index contributed by atoms with van der Waals surface area (Å²) in [6.45, 7) is 5.87. The SMILES string of the molecule is COC(=O)N1C[C@@H](F)C[C@@H]1c1cc2c(SC)nc3c(F)c(Br)c(CCC#N)cc3c2n1[C@H]1[C@@H]2C[C@H]1N(C(=O)OC(C)(C)C)C2. The number of halogens is 3. The maximum Gasteiger partial charge on any atom is 0.410 e. The number of nitriles is 1.